The first-order valence-corrected chi connectivity index (χ1v) is 9.64. The third-order valence-electron chi connectivity index (χ3n) is 4.67. The number of aryl methyl sites for hydroxylation is 2. The third-order valence-corrected chi connectivity index (χ3v) is 4.90. The maximum Gasteiger partial charge on any atom is 0.224 e. The van der Waals surface area contributed by atoms with Crippen molar-refractivity contribution in [1.82, 2.24) is 15.0 Å². The highest BCUT2D eigenvalue weighted by atomic mass is 35.5. The van der Waals surface area contributed by atoms with E-state index in [0.29, 0.717) is 11.0 Å². The minimum atomic E-state index is 0.613. The third kappa shape index (κ3) is 4.10. The maximum atomic E-state index is 6.12. The number of H-pyrrole nitrogens is 1. The molecule has 0 unspecified atom stereocenters. The van der Waals surface area contributed by atoms with Crippen LogP contribution < -0.4 is 10.6 Å². The Morgan fingerprint density at radius 2 is 1.89 bits per heavy atom. The highest BCUT2D eigenvalue weighted by Gasteiger charge is 2.07. The summed E-state index contributed by atoms with van der Waals surface area (Å²) in [4.78, 5) is 12.4. The van der Waals surface area contributed by atoms with Gasteiger partial charge in [-0.2, -0.15) is 4.98 Å². The molecule has 0 saturated carbocycles. The molecule has 0 aliphatic carbocycles. The number of hydrogen-bond acceptors (Lipinski definition) is 4. The van der Waals surface area contributed by atoms with Crippen LogP contribution in [0, 0.1) is 13.8 Å². The molecule has 0 amide bonds. The molecule has 2 aromatic heterocycles. The van der Waals surface area contributed by atoms with Gasteiger partial charge in [0.05, 0.1) is 0 Å². The Balaban J connectivity index is 1.46. The molecule has 2 aromatic carbocycles. The van der Waals surface area contributed by atoms with Crippen LogP contribution in [0.3, 0.4) is 0 Å². The quantitative estimate of drug-likeness (QED) is 0.398. The van der Waals surface area contributed by atoms with Crippen molar-refractivity contribution in [2.45, 2.75) is 20.3 Å². The number of benzene rings is 2. The second-order valence-corrected chi connectivity index (χ2v) is 7.28. The van der Waals surface area contributed by atoms with Gasteiger partial charge in [0.25, 0.3) is 0 Å². The van der Waals surface area contributed by atoms with E-state index in [-0.39, 0.29) is 0 Å². The highest BCUT2D eigenvalue weighted by molar-refractivity contribution is 6.30. The van der Waals surface area contributed by atoms with Crippen molar-refractivity contribution in [3.05, 3.63) is 76.6 Å². The summed E-state index contributed by atoms with van der Waals surface area (Å²) < 4.78 is 0. The van der Waals surface area contributed by atoms with E-state index in [4.69, 9.17) is 11.6 Å². The maximum absolute atomic E-state index is 6.12. The van der Waals surface area contributed by atoms with Crippen LogP contribution in [0.25, 0.3) is 10.9 Å². The molecule has 0 radical (unpaired) electrons. The zero-order chi connectivity index (χ0) is 19.5. The first-order valence-electron chi connectivity index (χ1n) is 9.26. The van der Waals surface area contributed by atoms with E-state index in [2.05, 4.69) is 50.0 Å². The second kappa shape index (κ2) is 7.90. The van der Waals surface area contributed by atoms with Crippen LogP contribution in [0.2, 0.25) is 5.02 Å². The second-order valence-electron chi connectivity index (χ2n) is 6.84. The Bertz CT molecular complexity index is 1120. The number of aromatic amines is 1. The molecule has 0 bridgehead atoms. The predicted molar refractivity (Wildman–Crippen MR) is 117 cm³/mol. The van der Waals surface area contributed by atoms with Gasteiger partial charge in [0.2, 0.25) is 5.95 Å². The van der Waals surface area contributed by atoms with E-state index in [9.17, 15) is 0 Å². The number of nitrogens with one attached hydrogen (secondary N) is 3. The molecule has 0 atom stereocenters. The minimum Gasteiger partial charge on any atom is -0.361 e. The van der Waals surface area contributed by atoms with Gasteiger partial charge in [0, 0.05) is 46.1 Å². The molecule has 6 heteroatoms. The van der Waals surface area contributed by atoms with Gasteiger partial charge in [0.1, 0.15) is 5.82 Å². The molecule has 0 aliphatic heterocycles. The number of para-hydroxylation sites is 1. The summed E-state index contributed by atoms with van der Waals surface area (Å²) in [5.74, 6) is 1.36. The van der Waals surface area contributed by atoms with Crippen LogP contribution in [0.15, 0.2) is 54.7 Å². The Morgan fingerprint density at radius 1 is 1.04 bits per heavy atom. The largest absolute Gasteiger partial charge is 0.361 e. The molecule has 2 heterocycles. The molecular formula is C22H22ClN5. The van der Waals surface area contributed by atoms with Crippen molar-refractivity contribution in [3.63, 3.8) is 0 Å². The molecule has 0 fully saturated rings. The number of rotatable bonds is 6. The average Bonchev–Trinajstić information content (AvgIpc) is 3.08. The molecule has 4 aromatic rings. The molecule has 4 rings (SSSR count). The summed E-state index contributed by atoms with van der Waals surface area (Å²) in [5.41, 5.74) is 5.38. The van der Waals surface area contributed by atoms with Crippen molar-refractivity contribution in [3.8, 4) is 0 Å². The van der Waals surface area contributed by atoms with Gasteiger partial charge in [-0.25, -0.2) is 4.98 Å². The van der Waals surface area contributed by atoms with Crippen LogP contribution in [0.1, 0.15) is 16.8 Å². The Kier molecular flexibility index (Phi) is 5.17. The van der Waals surface area contributed by atoms with Gasteiger partial charge in [-0.05, 0) is 49.6 Å². The first kappa shape index (κ1) is 18.3. The standard InChI is InChI=1S/C22H22ClN5/c1-14-7-8-17(23)12-20(14)27-21-11-15(2)26-22(28-21)24-10-9-16-13-25-19-6-4-3-5-18(16)19/h3-8,11-13,25H,9-10H2,1-2H3,(H2,24,26,27,28). The molecular weight excluding hydrogens is 370 g/mol. The minimum absolute atomic E-state index is 0.613. The molecule has 0 saturated heterocycles. The predicted octanol–water partition coefficient (Wildman–Crippen LogP) is 5.63. The van der Waals surface area contributed by atoms with E-state index in [1.54, 1.807) is 0 Å². The molecule has 5 nitrogen and oxygen atoms in total. The fraction of sp³-hybridized carbons (Fsp3) is 0.182. The number of anilines is 3. The Hall–Kier alpha value is -3.05. The van der Waals surface area contributed by atoms with Gasteiger partial charge in [0.15, 0.2) is 0 Å². The monoisotopic (exact) mass is 391 g/mol. The van der Waals surface area contributed by atoms with E-state index >= 15 is 0 Å². The zero-order valence-corrected chi connectivity index (χ0v) is 16.6. The fourth-order valence-corrected chi connectivity index (χ4v) is 3.40. The van der Waals surface area contributed by atoms with Crippen molar-refractivity contribution in [2.75, 3.05) is 17.2 Å². The Labute approximate surface area is 169 Å². The molecule has 28 heavy (non-hydrogen) atoms. The normalized spacial score (nSPS) is 11.0. The lowest BCUT2D eigenvalue weighted by Gasteiger charge is -2.12. The van der Waals surface area contributed by atoms with Crippen LogP contribution in [-0.2, 0) is 6.42 Å². The van der Waals surface area contributed by atoms with E-state index in [1.165, 1.54) is 10.9 Å². The fourth-order valence-electron chi connectivity index (χ4n) is 3.23. The first-order chi connectivity index (χ1) is 13.6. The lowest BCUT2D eigenvalue weighted by atomic mass is 10.1. The van der Waals surface area contributed by atoms with Gasteiger partial charge in [-0.1, -0.05) is 35.9 Å². The summed E-state index contributed by atoms with van der Waals surface area (Å²) >= 11 is 6.12. The molecule has 0 aliphatic rings. The number of halogens is 1. The van der Waals surface area contributed by atoms with E-state index in [1.807, 2.05) is 44.2 Å². The van der Waals surface area contributed by atoms with Crippen molar-refractivity contribution >= 4 is 40.0 Å². The summed E-state index contributed by atoms with van der Waals surface area (Å²) in [5, 5.41) is 8.63. The van der Waals surface area contributed by atoms with Crippen LogP contribution in [0.4, 0.5) is 17.5 Å². The zero-order valence-electron chi connectivity index (χ0n) is 15.9. The van der Waals surface area contributed by atoms with Gasteiger partial charge in [-0.15, -0.1) is 0 Å². The number of aromatic nitrogens is 3. The van der Waals surface area contributed by atoms with Crippen molar-refractivity contribution in [2.24, 2.45) is 0 Å². The topological polar surface area (TPSA) is 65.6 Å². The molecule has 3 N–H and O–H groups in total. The highest BCUT2D eigenvalue weighted by Crippen LogP contribution is 2.24. The lowest BCUT2D eigenvalue weighted by molar-refractivity contribution is 0.981. The smallest absolute Gasteiger partial charge is 0.224 e. The molecule has 142 valence electrons. The van der Waals surface area contributed by atoms with Gasteiger partial charge >= 0.3 is 0 Å². The summed E-state index contributed by atoms with van der Waals surface area (Å²) in [6.07, 6.45) is 2.95. The van der Waals surface area contributed by atoms with Crippen LogP contribution >= 0.6 is 11.6 Å². The summed E-state index contributed by atoms with van der Waals surface area (Å²) in [6.45, 7) is 4.75. The van der Waals surface area contributed by atoms with E-state index < -0.39 is 0 Å². The summed E-state index contributed by atoms with van der Waals surface area (Å²) in [7, 11) is 0. The lowest BCUT2D eigenvalue weighted by Crippen LogP contribution is -2.09. The van der Waals surface area contributed by atoms with Gasteiger partial charge < -0.3 is 15.6 Å². The average molecular weight is 392 g/mol. The Morgan fingerprint density at radius 3 is 2.79 bits per heavy atom. The van der Waals surface area contributed by atoms with E-state index in [0.717, 1.165) is 41.2 Å². The van der Waals surface area contributed by atoms with Crippen LogP contribution in [-0.4, -0.2) is 21.5 Å². The van der Waals surface area contributed by atoms with Gasteiger partial charge in [-0.3, -0.25) is 0 Å². The summed E-state index contributed by atoms with van der Waals surface area (Å²) in [6, 6.07) is 16.0. The van der Waals surface area contributed by atoms with Crippen LogP contribution in [0.5, 0.6) is 0 Å². The van der Waals surface area contributed by atoms with Crippen molar-refractivity contribution in [1.29, 1.82) is 0 Å². The number of hydrogen-bond donors (Lipinski definition) is 3. The number of nitrogens with zero attached hydrogens (tertiary/aromatic N) is 2. The number of fused-ring (bicyclic) bond motifs is 1. The SMILES string of the molecule is Cc1cc(Nc2cc(Cl)ccc2C)nc(NCCc2c[nH]c3ccccc23)n1. The van der Waals surface area contributed by atoms with Crippen molar-refractivity contribution < 1.29 is 0 Å². The molecule has 0 spiro atoms.